The first-order chi connectivity index (χ1) is 12.7. The number of methoxy groups -OCH3 is 1. The van der Waals surface area contributed by atoms with Crippen molar-refractivity contribution in [3.05, 3.63) is 77.3 Å². The maximum Gasteiger partial charge on any atom is 0.136 e. The van der Waals surface area contributed by atoms with Crippen LogP contribution in [0.15, 0.2) is 81.7 Å². The standard InChI is InChI=1S/C23H15BrO2/c1-25-16-9-6-14(7-10-16)19-13-22-23(18-5-3-2-4-17(18)19)20-12-15(24)8-11-21(20)26-22/h2-13H,1H3. The van der Waals surface area contributed by atoms with Crippen LogP contribution in [0.3, 0.4) is 0 Å². The first kappa shape index (κ1) is 15.5. The van der Waals surface area contributed by atoms with Crippen molar-refractivity contribution in [3.63, 3.8) is 0 Å². The highest BCUT2D eigenvalue weighted by atomic mass is 79.9. The van der Waals surface area contributed by atoms with Crippen molar-refractivity contribution >= 4 is 48.6 Å². The third-order valence-corrected chi connectivity index (χ3v) is 5.33. The first-order valence-electron chi connectivity index (χ1n) is 8.42. The van der Waals surface area contributed by atoms with Crippen molar-refractivity contribution in [2.24, 2.45) is 0 Å². The Bertz CT molecular complexity index is 1270. The van der Waals surface area contributed by atoms with Crippen LogP contribution in [0.4, 0.5) is 0 Å². The van der Waals surface area contributed by atoms with Crippen LogP contribution in [0.1, 0.15) is 0 Å². The van der Waals surface area contributed by atoms with Gasteiger partial charge in [-0.05, 0) is 58.3 Å². The fraction of sp³-hybridized carbons (Fsp3) is 0.0435. The van der Waals surface area contributed by atoms with E-state index in [1.807, 2.05) is 24.3 Å². The van der Waals surface area contributed by atoms with E-state index in [2.05, 4.69) is 64.5 Å². The Labute approximate surface area is 159 Å². The molecular formula is C23H15BrO2. The molecule has 0 radical (unpaired) electrons. The number of hydrogen-bond donors (Lipinski definition) is 0. The third kappa shape index (κ3) is 2.31. The second-order valence-corrected chi connectivity index (χ2v) is 7.23. The summed E-state index contributed by atoms with van der Waals surface area (Å²) in [6.45, 7) is 0. The van der Waals surface area contributed by atoms with Crippen molar-refractivity contribution in [2.75, 3.05) is 7.11 Å². The van der Waals surface area contributed by atoms with Crippen molar-refractivity contribution in [1.29, 1.82) is 0 Å². The van der Waals surface area contributed by atoms with Gasteiger partial charge in [-0.3, -0.25) is 0 Å². The number of halogens is 1. The molecule has 0 N–H and O–H groups in total. The van der Waals surface area contributed by atoms with E-state index < -0.39 is 0 Å². The molecule has 0 amide bonds. The fourth-order valence-electron chi connectivity index (χ4n) is 3.62. The largest absolute Gasteiger partial charge is 0.497 e. The molecule has 0 aliphatic rings. The van der Waals surface area contributed by atoms with E-state index in [-0.39, 0.29) is 0 Å². The molecule has 3 heteroatoms. The molecule has 5 aromatic rings. The van der Waals surface area contributed by atoms with Crippen LogP contribution in [0.25, 0.3) is 43.8 Å². The Balaban J connectivity index is 1.90. The summed E-state index contributed by atoms with van der Waals surface area (Å²) in [5.41, 5.74) is 4.11. The summed E-state index contributed by atoms with van der Waals surface area (Å²) in [6, 6.07) is 25.0. The normalized spacial score (nSPS) is 11.5. The monoisotopic (exact) mass is 402 g/mol. The van der Waals surface area contributed by atoms with Gasteiger partial charge in [-0.25, -0.2) is 0 Å². The van der Waals surface area contributed by atoms with Gasteiger partial charge < -0.3 is 9.15 Å². The number of rotatable bonds is 2. The number of hydrogen-bond acceptors (Lipinski definition) is 2. The highest BCUT2D eigenvalue weighted by molar-refractivity contribution is 9.10. The quantitative estimate of drug-likeness (QED) is 0.312. The summed E-state index contributed by atoms with van der Waals surface area (Å²) < 4.78 is 12.5. The lowest BCUT2D eigenvalue weighted by Crippen LogP contribution is -1.85. The van der Waals surface area contributed by atoms with E-state index in [1.165, 1.54) is 10.8 Å². The maximum atomic E-state index is 6.18. The van der Waals surface area contributed by atoms with E-state index in [9.17, 15) is 0 Å². The maximum absolute atomic E-state index is 6.18. The SMILES string of the molecule is COc1ccc(-c2cc3oc4ccc(Br)cc4c3c3ccccc23)cc1. The lowest BCUT2D eigenvalue weighted by atomic mass is 9.95. The number of fused-ring (bicyclic) bond motifs is 5. The van der Waals surface area contributed by atoms with Gasteiger partial charge in [0.15, 0.2) is 0 Å². The van der Waals surface area contributed by atoms with Crippen LogP contribution in [-0.4, -0.2) is 7.11 Å². The van der Waals surface area contributed by atoms with E-state index in [0.717, 1.165) is 43.3 Å². The zero-order chi connectivity index (χ0) is 17.7. The van der Waals surface area contributed by atoms with Crippen molar-refractivity contribution < 1.29 is 9.15 Å². The molecule has 1 aromatic heterocycles. The predicted octanol–water partition coefficient (Wildman–Crippen LogP) is 7.18. The molecule has 0 fully saturated rings. The molecule has 5 rings (SSSR count). The summed E-state index contributed by atoms with van der Waals surface area (Å²) >= 11 is 3.58. The minimum absolute atomic E-state index is 0.854. The van der Waals surface area contributed by atoms with Gasteiger partial charge in [-0.15, -0.1) is 0 Å². The fourth-order valence-corrected chi connectivity index (χ4v) is 3.98. The lowest BCUT2D eigenvalue weighted by molar-refractivity contribution is 0.415. The summed E-state index contributed by atoms with van der Waals surface area (Å²) in [5.74, 6) is 0.854. The molecule has 126 valence electrons. The Morgan fingerprint density at radius 3 is 2.31 bits per heavy atom. The summed E-state index contributed by atoms with van der Waals surface area (Å²) in [7, 11) is 1.68. The zero-order valence-electron chi connectivity index (χ0n) is 14.1. The van der Waals surface area contributed by atoms with Gasteiger partial charge in [0.25, 0.3) is 0 Å². The second kappa shape index (κ2) is 5.89. The van der Waals surface area contributed by atoms with E-state index >= 15 is 0 Å². The zero-order valence-corrected chi connectivity index (χ0v) is 15.7. The van der Waals surface area contributed by atoms with Gasteiger partial charge in [0, 0.05) is 15.2 Å². The Morgan fingerprint density at radius 1 is 0.769 bits per heavy atom. The topological polar surface area (TPSA) is 22.4 Å². The minimum Gasteiger partial charge on any atom is -0.497 e. The molecule has 0 saturated carbocycles. The summed E-state index contributed by atoms with van der Waals surface area (Å²) in [5, 5.41) is 4.71. The van der Waals surface area contributed by atoms with Crippen molar-refractivity contribution in [1.82, 2.24) is 0 Å². The van der Waals surface area contributed by atoms with Gasteiger partial charge in [0.05, 0.1) is 7.11 Å². The third-order valence-electron chi connectivity index (χ3n) is 4.84. The van der Waals surface area contributed by atoms with Gasteiger partial charge in [0.2, 0.25) is 0 Å². The van der Waals surface area contributed by atoms with Crippen LogP contribution >= 0.6 is 15.9 Å². The lowest BCUT2D eigenvalue weighted by Gasteiger charge is -2.09. The molecule has 0 saturated heterocycles. The molecule has 2 nitrogen and oxygen atoms in total. The summed E-state index contributed by atoms with van der Waals surface area (Å²) in [6.07, 6.45) is 0. The Hall–Kier alpha value is -2.78. The second-order valence-electron chi connectivity index (χ2n) is 6.31. The predicted molar refractivity (Wildman–Crippen MR) is 111 cm³/mol. The van der Waals surface area contributed by atoms with Gasteiger partial charge in [0.1, 0.15) is 16.9 Å². The minimum atomic E-state index is 0.854. The average Bonchev–Trinajstić information content (AvgIpc) is 3.05. The summed E-state index contributed by atoms with van der Waals surface area (Å²) in [4.78, 5) is 0. The molecule has 1 heterocycles. The molecule has 0 atom stereocenters. The number of benzene rings is 4. The van der Waals surface area contributed by atoms with Crippen molar-refractivity contribution in [3.8, 4) is 16.9 Å². The molecule has 26 heavy (non-hydrogen) atoms. The molecule has 0 aliphatic carbocycles. The van der Waals surface area contributed by atoms with Crippen LogP contribution in [0.2, 0.25) is 0 Å². The average molecular weight is 403 g/mol. The van der Waals surface area contributed by atoms with E-state index in [4.69, 9.17) is 9.15 Å². The number of ether oxygens (including phenoxy) is 1. The van der Waals surface area contributed by atoms with Gasteiger partial charge in [-0.2, -0.15) is 0 Å². The molecule has 0 unspecified atom stereocenters. The Kier molecular flexibility index (Phi) is 3.50. The van der Waals surface area contributed by atoms with Crippen LogP contribution < -0.4 is 4.74 Å². The highest BCUT2D eigenvalue weighted by Gasteiger charge is 2.14. The first-order valence-corrected chi connectivity index (χ1v) is 9.22. The van der Waals surface area contributed by atoms with E-state index in [1.54, 1.807) is 7.11 Å². The van der Waals surface area contributed by atoms with Gasteiger partial charge in [-0.1, -0.05) is 52.3 Å². The van der Waals surface area contributed by atoms with Crippen LogP contribution in [0, 0.1) is 0 Å². The van der Waals surface area contributed by atoms with Crippen LogP contribution in [-0.2, 0) is 0 Å². The number of furan rings is 1. The molecule has 4 aromatic carbocycles. The molecular weight excluding hydrogens is 388 g/mol. The van der Waals surface area contributed by atoms with Crippen molar-refractivity contribution in [2.45, 2.75) is 0 Å². The molecule has 0 aliphatic heterocycles. The molecule has 0 bridgehead atoms. The van der Waals surface area contributed by atoms with E-state index in [0.29, 0.717) is 0 Å². The smallest absolute Gasteiger partial charge is 0.136 e. The Morgan fingerprint density at radius 2 is 1.54 bits per heavy atom. The molecule has 0 spiro atoms. The van der Waals surface area contributed by atoms with Crippen LogP contribution in [0.5, 0.6) is 5.75 Å². The van der Waals surface area contributed by atoms with Gasteiger partial charge >= 0.3 is 0 Å². The highest BCUT2D eigenvalue weighted by Crippen LogP contribution is 2.40.